The molecule has 1 spiro atoms. The van der Waals surface area contributed by atoms with Crippen molar-refractivity contribution in [3.63, 3.8) is 0 Å². The van der Waals surface area contributed by atoms with E-state index in [-0.39, 0.29) is 0 Å². The van der Waals surface area contributed by atoms with Crippen molar-refractivity contribution in [1.82, 2.24) is 0 Å². The number of benzene rings is 1. The first-order valence-corrected chi connectivity index (χ1v) is 7.40. The van der Waals surface area contributed by atoms with Gasteiger partial charge in [0.25, 0.3) is 0 Å². The second-order valence-electron chi connectivity index (χ2n) is 5.69. The molecule has 0 saturated heterocycles. The first-order chi connectivity index (χ1) is 8.26. The first kappa shape index (κ1) is 11.6. The first-order valence-electron chi connectivity index (χ1n) is 6.66. The van der Waals surface area contributed by atoms with Gasteiger partial charge in [0.05, 0.1) is 6.10 Å². The van der Waals surface area contributed by atoms with E-state index in [1.54, 1.807) is 12.0 Å². The van der Waals surface area contributed by atoms with Crippen molar-refractivity contribution in [2.75, 3.05) is 0 Å². The van der Waals surface area contributed by atoms with Crippen LogP contribution in [0.25, 0.3) is 0 Å². The monoisotopic (exact) mass is 248 g/mol. The smallest absolute Gasteiger partial charge is 0.0727 e. The molecule has 0 bridgehead atoms. The summed E-state index contributed by atoms with van der Waals surface area (Å²) in [5, 5.41) is 0. The van der Waals surface area contributed by atoms with Crippen LogP contribution in [0.3, 0.4) is 0 Å². The van der Waals surface area contributed by atoms with Crippen molar-refractivity contribution in [1.29, 1.82) is 0 Å². The lowest BCUT2D eigenvalue weighted by Gasteiger charge is -2.27. The lowest BCUT2D eigenvalue weighted by molar-refractivity contribution is 0.147. The van der Waals surface area contributed by atoms with E-state index >= 15 is 0 Å². The van der Waals surface area contributed by atoms with Gasteiger partial charge in [-0.05, 0) is 63.0 Å². The third kappa shape index (κ3) is 2.86. The van der Waals surface area contributed by atoms with Crippen LogP contribution < -0.4 is 0 Å². The summed E-state index contributed by atoms with van der Waals surface area (Å²) in [5.74, 6) is 0. The minimum Gasteiger partial charge on any atom is -0.307 e. The van der Waals surface area contributed by atoms with Crippen molar-refractivity contribution >= 4 is 12.0 Å². The standard InChI is InChI=1S/C15H20OS/c1-12-2-4-14(5-3-12)17-16-13-6-8-15(9-7-13)10-11-15/h2-5,13H,6-11H2,1H3. The van der Waals surface area contributed by atoms with Crippen molar-refractivity contribution in [2.45, 2.75) is 56.4 Å². The summed E-state index contributed by atoms with van der Waals surface area (Å²) in [5.41, 5.74) is 2.08. The molecule has 17 heavy (non-hydrogen) atoms. The van der Waals surface area contributed by atoms with Gasteiger partial charge in [0.2, 0.25) is 0 Å². The fourth-order valence-electron chi connectivity index (χ4n) is 2.69. The van der Waals surface area contributed by atoms with E-state index in [2.05, 4.69) is 31.2 Å². The van der Waals surface area contributed by atoms with Crippen LogP contribution in [-0.4, -0.2) is 6.10 Å². The predicted octanol–water partition coefficient (Wildman–Crippen LogP) is 4.74. The molecule has 1 nitrogen and oxygen atoms in total. The summed E-state index contributed by atoms with van der Waals surface area (Å²) < 4.78 is 5.95. The van der Waals surface area contributed by atoms with Gasteiger partial charge >= 0.3 is 0 Å². The quantitative estimate of drug-likeness (QED) is 0.714. The Morgan fingerprint density at radius 1 is 1.06 bits per heavy atom. The molecule has 0 N–H and O–H groups in total. The molecule has 92 valence electrons. The second kappa shape index (κ2) is 4.66. The van der Waals surface area contributed by atoms with Crippen molar-refractivity contribution in [2.24, 2.45) is 5.41 Å². The van der Waals surface area contributed by atoms with E-state index in [9.17, 15) is 0 Å². The van der Waals surface area contributed by atoms with Gasteiger partial charge in [-0.3, -0.25) is 0 Å². The normalized spacial score (nSPS) is 22.9. The predicted molar refractivity (Wildman–Crippen MR) is 72.0 cm³/mol. The van der Waals surface area contributed by atoms with Gasteiger partial charge in [0.15, 0.2) is 0 Å². The molecular weight excluding hydrogens is 228 g/mol. The second-order valence-corrected chi connectivity index (χ2v) is 6.52. The summed E-state index contributed by atoms with van der Waals surface area (Å²) in [6.45, 7) is 2.12. The number of hydrogen-bond donors (Lipinski definition) is 0. The zero-order valence-electron chi connectivity index (χ0n) is 10.4. The lowest BCUT2D eigenvalue weighted by atomic mass is 9.85. The Labute approximate surface area is 108 Å². The molecule has 2 saturated carbocycles. The molecule has 3 rings (SSSR count). The maximum Gasteiger partial charge on any atom is 0.0727 e. The zero-order chi connectivity index (χ0) is 11.7. The molecule has 2 heteroatoms. The summed E-state index contributed by atoms with van der Waals surface area (Å²) in [6, 6.07) is 8.58. The van der Waals surface area contributed by atoms with Gasteiger partial charge in [-0.2, -0.15) is 0 Å². The molecule has 2 aliphatic carbocycles. The zero-order valence-corrected chi connectivity index (χ0v) is 11.3. The van der Waals surface area contributed by atoms with Crippen LogP contribution in [0.15, 0.2) is 29.2 Å². The fourth-order valence-corrected chi connectivity index (χ4v) is 3.38. The van der Waals surface area contributed by atoms with E-state index in [1.807, 2.05) is 0 Å². The summed E-state index contributed by atoms with van der Waals surface area (Å²) >= 11 is 1.56. The number of aryl methyl sites for hydroxylation is 1. The van der Waals surface area contributed by atoms with Gasteiger partial charge in [0.1, 0.15) is 0 Å². The molecule has 0 unspecified atom stereocenters. The minimum atomic E-state index is 0.479. The summed E-state index contributed by atoms with van der Waals surface area (Å²) in [4.78, 5) is 1.22. The molecular formula is C15H20OS. The highest BCUT2D eigenvalue weighted by molar-refractivity contribution is 7.94. The Kier molecular flexibility index (Phi) is 3.18. The molecule has 0 aliphatic heterocycles. The topological polar surface area (TPSA) is 9.23 Å². The number of hydrogen-bond acceptors (Lipinski definition) is 2. The maximum absolute atomic E-state index is 5.95. The Morgan fingerprint density at radius 3 is 2.29 bits per heavy atom. The van der Waals surface area contributed by atoms with Gasteiger partial charge in [-0.15, -0.1) is 0 Å². The molecule has 1 aromatic carbocycles. The highest BCUT2D eigenvalue weighted by Crippen LogP contribution is 2.56. The molecule has 0 amide bonds. The van der Waals surface area contributed by atoms with Gasteiger partial charge in [-0.1, -0.05) is 17.7 Å². The Morgan fingerprint density at radius 2 is 1.71 bits per heavy atom. The Balaban J connectivity index is 1.46. The Bertz CT molecular complexity index is 370. The van der Waals surface area contributed by atoms with Gasteiger partial charge < -0.3 is 4.18 Å². The molecule has 0 atom stereocenters. The van der Waals surface area contributed by atoms with E-state index in [0.717, 1.165) is 5.41 Å². The molecule has 1 aromatic rings. The molecule has 0 radical (unpaired) electrons. The Hall–Kier alpha value is -0.470. The molecule has 0 aromatic heterocycles. The van der Waals surface area contributed by atoms with Crippen LogP contribution >= 0.6 is 12.0 Å². The molecule has 2 fully saturated rings. The summed E-state index contributed by atoms with van der Waals surface area (Å²) in [6.07, 6.45) is 8.75. The molecule has 2 aliphatic rings. The van der Waals surface area contributed by atoms with E-state index < -0.39 is 0 Å². The largest absolute Gasteiger partial charge is 0.307 e. The van der Waals surface area contributed by atoms with Crippen LogP contribution in [0.5, 0.6) is 0 Å². The van der Waals surface area contributed by atoms with E-state index in [1.165, 1.54) is 49.0 Å². The lowest BCUT2D eigenvalue weighted by Crippen LogP contribution is -2.20. The average Bonchev–Trinajstić information content (AvgIpc) is 3.11. The minimum absolute atomic E-state index is 0.479. The number of rotatable bonds is 3. The third-order valence-corrected chi connectivity index (χ3v) is 5.08. The SMILES string of the molecule is Cc1ccc(SOC2CCC3(CC2)CC3)cc1. The van der Waals surface area contributed by atoms with Crippen molar-refractivity contribution in [3.05, 3.63) is 29.8 Å². The van der Waals surface area contributed by atoms with Crippen molar-refractivity contribution in [3.8, 4) is 0 Å². The fraction of sp³-hybridized carbons (Fsp3) is 0.600. The van der Waals surface area contributed by atoms with Crippen LogP contribution in [0.4, 0.5) is 0 Å². The van der Waals surface area contributed by atoms with Crippen LogP contribution in [0, 0.1) is 12.3 Å². The average molecular weight is 248 g/mol. The van der Waals surface area contributed by atoms with Gasteiger partial charge in [0, 0.05) is 16.9 Å². The molecule has 0 heterocycles. The van der Waals surface area contributed by atoms with Crippen molar-refractivity contribution < 1.29 is 4.18 Å². The van der Waals surface area contributed by atoms with Gasteiger partial charge in [-0.25, -0.2) is 0 Å². The third-order valence-electron chi connectivity index (χ3n) is 4.25. The van der Waals surface area contributed by atoms with Crippen LogP contribution in [0.1, 0.15) is 44.1 Å². The highest BCUT2D eigenvalue weighted by Gasteiger charge is 2.44. The van der Waals surface area contributed by atoms with E-state index in [0.29, 0.717) is 6.10 Å². The van der Waals surface area contributed by atoms with E-state index in [4.69, 9.17) is 4.18 Å². The summed E-state index contributed by atoms with van der Waals surface area (Å²) in [7, 11) is 0. The maximum atomic E-state index is 5.95. The van der Waals surface area contributed by atoms with Crippen LogP contribution in [-0.2, 0) is 4.18 Å². The van der Waals surface area contributed by atoms with Crippen LogP contribution in [0.2, 0.25) is 0 Å². The highest BCUT2D eigenvalue weighted by atomic mass is 32.2.